The van der Waals surface area contributed by atoms with E-state index < -0.39 is 18.2 Å². The van der Waals surface area contributed by atoms with Gasteiger partial charge >= 0.3 is 6.43 Å². The van der Waals surface area contributed by atoms with Gasteiger partial charge < -0.3 is 4.74 Å². The maximum absolute atomic E-state index is 12.0. The van der Waals surface area contributed by atoms with Crippen LogP contribution in [0.4, 0.5) is 8.78 Å². The lowest BCUT2D eigenvalue weighted by Gasteiger charge is -2.06. The molecular formula is C11H14BrF2N3O. The van der Waals surface area contributed by atoms with Gasteiger partial charge in [0, 0.05) is 11.5 Å². The number of pyridine rings is 1. The summed E-state index contributed by atoms with van der Waals surface area (Å²) >= 11 is 3.20. The Labute approximate surface area is 113 Å². The van der Waals surface area contributed by atoms with Gasteiger partial charge in [-0.2, -0.15) is 8.78 Å². The smallest absolute Gasteiger partial charge is 0.312 e. The normalized spacial score (nSPS) is 9.44. The molecular weight excluding hydrogens is 308 g/mol. The lowest BCUT2D eigenvalue weighted by Crippen LogP contribution is -2.18. The van der Waals surface area contributed by atoms with Crippen LogP contribution in [-0.2, 0) is 10.1 Å². The third-order valence-electron chi connectivity index (χ3n) is 1.63. The summed E-state index contributed by atoms with van der Waals surface area (Å²) in [6, 6.07) is 3.15. The minimum absolute atomic E-state index is 0.245. The topological polar surface area (TPSA) is 69.8 Å². The lowest BCUT2D eigenvalue weighted by atomic mass is 10.2. The molecule has 0 aliphatic carbocycles. The summed E-state index contributed by atoms with van der Waals surface area (Å²) in [6.07, 6.45) is -1.69. The maximum atomic E-state index is 12.0. The Bertz CT molecular complexity index is 396. The van der Waals surface area contributed by atoms with Crippen molar-refractivity contribution in [1.82, 2.24) is 4.98 Å². The molecule has 0 saturated heterocycles. The van der Waals surface area contributed by atoms with Crippen LogP contribution < -0.4 is 0 Å². The van der Waals surface area contributed by atoms with Crippen molar-refractivity contribution in [3.05, 3.63) is 29.6 Å². The molecule has 0 radical (unpaired) electrons. The molecule has 0 bridgehead atoms. The number of halogens is 3. The molecule has 100 valence electrons. The van der Waals surface area contributed by atoms with E-state index in [0.29, 0.717) is 5.33 Å². The molecule has 1 aromatic rings. The lowest BCUT2D eigenvalue weighted by molar-refractivity contribution is 0.197. The van der Waals surface area contributed by atoms with Gasteiger partial charge in [-0.05, 0) is 12.1 Å². The first-order valence-corrected chi connectivity index (χ1v) is 6.31. The summed E-state index contributed by atoms with van der Waals surface area (Å²) in [4.78, 5) is 3.94. The Morgan fingerprint density at radius 2 is 2.00 bits per heavy atom. The van der Waals surface area contributed by atoms with E-state index in [1.165, 1.54) is 12.3 Å². The molecule has 0 aliphatic rings. The average molecular weight is 322 g/mol. The molecule has 1 rings (SSSR count). The van der Waals surface area contributed by atoms with Crippen molar-refractivity contribution in [1.29, 1.82) is 10.8 Å². The minimum Gasteiger partial charge on any atom is -0.419 e. The van der Waals surface area contributed by atoms with Crippen molar-refractivity contribution < 1.29 is 13.5 Å². The first-order chi connectivity index (χ1) is 8.54. The summed E-state index contributed by atoms with van der Waals surface area (Å²) < 4.78 is 28.2. The Kier molecular flexibility index (Phi) is 8.02. The first kappa shape index (κ1) is 16.6. The van der Waals surface area contributed by atoms with E-state index in [1.807, 2.05) is 13.8 Å². The molecule has 0 aromatic carbocycles. The highest BCUT2D eigenvalue weighted by Crippen LogP contribution is 2.07. The van der Waals surface area contributed by atoms with Crippen LogP contribution in [0.2, 0.25) is 0 Å². The largest absolute Gasteiger partial charge is 0.419 e. The number of ether oxygens (including phenoxy) is 1. The van der Waals surface area contributed by atoms with Crippen LogP contribution in [0.5, 0.6) is 0 Å². The molecule has 0 atom stereocenters. The van der Waals surface area contributed by atoms with Gasteiger partial charge in [0.15, 0.2) is 0 Å². The summed E-state index contributed by atoms with van der Waals surface area (Å²) in [5.41, 5.74) is 0.996. The molecule has 0 saturated carbocycles. The maximum Gasteiger partial charge on any atom is 0.312 e. The second-order valence-corrected chi connectivity index (χ2v) is 3.33. The van der Waals surface area contributed by atoms with Gasteiger partial charge in [-0.1, -0.05) is 29.8 Å². The Balaban J connectivity index is 0.00000137. The average Bonchev–Trinajstić information content (AvgIpc) is 2.40. The number of nitrogens with one attached hydrogen (secondary N) is 2. The fourth-order valence-electron chi connectivity index (χ4n) is 0.851. The first-order valence-electron chi connectivity index (χ1n) is 5.19. The molecule has 7 heteroatoms. The van der Waals surface area contributed by atoms with Crippen LogP contribution in [0.15, 0.2) is 18.3 Å². The Hall–Kier alpha value is -1.37. The van der Waals surface area contributed by atoms with E-state index in [-0.39, 0.29) is 5.56 Å². The van der Waals surface area contributed by atoms with Crippen molar-refractivity contribution in [3.8, 4) is 0 Å². The molecule has 1 aromatic heterocycles. The zero-order valence-electron chi connectivity index (χ0n) is 10.0. The fraction of sp³-hybridized carbons (Fsp3) is 0.364. The molecule has 0 unspecified atom stereocenters. The second-order valence-electron chi connectivity index (χ2n) is 2.77. The molecule has 0 amide bonds. The van der Waals surface area contributed by atoms with E-state index in [2.05, 4.69) is 25.7 Å². The number of nitrogens with zero attached hydrogens (tertiary/aromatic N) is 1. The van der Waals surface area contributed by atoms with E-state index in [1.54, 1.807) is 6.07 Å². The van der Waals surface area contributed by atoms with Crippen LogP contribution >= 0.6 is 15.9 Å². The van der Waals surface area contributed by atoms with Gasteiger partial charge in [0.25, 0.3) is 5.90 Å². The standard InChI is InChI=1S/C9H8BrF2N3O.C2H6/c10-3-6-2-1-5(4-15-6)8(13)16-9(14)7(11)12;1-2/h1-2,4,7,13-14H,3H2;1-2H3. The summed E-state index contributed by atoms with van der Waals surface area (Å²) in [5.74, 6) is -1.76. The van der Waals surface area contributed by atoms with Crippen LogP contribution in [0.3, 0.4) is 0 Å². The predicted molar refractivity (Wildman–Crippen MR) is 69.9 cm³/mol. The van der Waals surface area contributed by atoms with Gasteiger partial charge in [-0.15, -0.1) is 0 Å². The quantitative estimate of drug-likeness (QED) is 0.507. The number of alkyl halides is 3. The zero-order valence-corrected chi connectivity index (χ0v) is 11.6. The van der Waals surface area contributed by atoms with E-state index in [4.69, 9.17) is 10.8 Å². The molecule has 0 spiro atoms. The highest BCUT2D eigenvalue weighted by atomic mass is 79.9. The van der Waals surface area contributed by atoms with E-state index >= 15 is 0 Å². The highest BCUT2D eigenvalue weighted by Gasteiger charge is 2.15. The van der Waals surface area contributed by atoms with Crippen molar-refractivity contribution in [2.75, 3.05) is 0 Å². The summed E-state index contributed by atoms with van der Waals surface area (Å²) in [5, 5.41) is 14.7. The molecule has 0 aliphatic heterocycles. The number of hydrogen-bond acceptors (Lipinski definition) is 4. The van der Waals surface area contributed by atoms with Crippen molar-refractivity contribution in [2.24, 2.45) is 0 Å². The van der Waals surface area contributed by atoms with Crippen molar-refractivity contribution >= 4 is 27.7 Å². The van der Waals surface area contributed by atoms with E-state index in [9.17, 15) is 8.78 Å². The molecule has 18 heavy (non-hydrogen) atoms. The second kappa shape index (κ2) is 8.68. The van der Waals surface area contributed by atoms with Gasteiger partial charge in [-0.3, -0.25) is 15.8 Å². The fourth-order valence-corrected chi connectivity index (χ4v) is 1.18. The van der Waals surface area contributed by atoms with Gasteiger partial charge in [0.1, 0.15) is 0 Å². The van der Waals surface area contributed by atoms with Crippen LogP contribution in [-0.4, -0.2) is 23.2 Å². The number of hydrogen-bond donors (Lipinski definition) is 2. The van der Waals surface area contributed by atoms with Crippen molar-refractivity contribution in [3.63, 3.8) is 0 Å². The SMILES string of the molecule is CC.N=C(OC(=N)C(F)F)c1ccc(CBr)nc1. The third kappa shape index (κ3) is 5.31. The van der Waals surface area contributed by atoms with E-state index in [0.717, 1.165) is 5.69 Å². The van der Waals surface area contributed by atoms with Crippen LogP contribution in [0.1, 0.15) is 25.1 Å². The Morgan fingerprint density at radius 1 is 1.39 bits per heavy atom. The zero-order chi connectivity index (χ0) is 14.1. The van der Waals surface area contributed by atoms with Gasteiger partial charge in [0.05, 0.1) is 11.3 Å². The minimum atomic E-state index is -3.02. The highest BCUT2D eigenvalue weighted by molar-refractivity contribution is 9.08. The molecule has 1 heterocycles. The monoisotopic (exact) mass is 321 g/mol. The molecule has 4 nitrogen and oxygen atoms in total. The predicted octanol–water partition coefficient (Wildman–Crippen LogP) is 3.59. The van der Waals surface area contributed by atoms with Crippen molar-refractivity contribution in [2.45, 2.75) is 25.6 Å². The van der Waals surface area contributed by atoms with Gasteiger partial charge in [-0.25, -0.2) is 0 Å². The summed E-state index contributed by atoms with van der Waals surface area (Å²) in [7, 11) is 0. The summed E-state index contributed by atoms with van der Waals surface area (Å²) in [6.45, 7) is 4.00. The van der Waals surface area contributed by atoms with Crippen LogP contribution in [0.25, 0.3) is 0 Å². The Morgan fingerprint density at radius 3 is 2.39 bits per heavy atom. The number of rotatable bonds is 3. The molecule has 2 N–H and O–H groups in total. The molecule has 0 fully saturated rings. The third-order valence-corrected chi connectivity index (χ3v) is 2.21. The number of aromatic nitrogens is 1. The van der Waals surface area contributed by atoms with Gasteiger partial charge in [0.2, 0.25) is 5.90 Å². The van der Waals surface area contributed by atoms with Crippen LogP contribution in [0, 0.1) is 10.8 Å².